The van der Waals surface area contributed by atoms with E-state index in [0.717, 1.165) is 10.6 Å². The number of hydrogen-bond donors (Lipinski definition) is 3. The van der Waals surface area contributed by atoms with Crippen LogP contribution in [0, 0.1) is 0 Å². The van der Waals surface area contributed by atoms with Gasteiger partial charge in [-0.2, -0.15) is 0 Å². The van der Waals surface area contributed by atoms with Gasteiger partial charge in [-0.05, 0) is 24.0 Å². The van der Waals surface area contributed by atoms with Gasteiger partial charge in [-0.25, -0.2) is 9.97 Å². The van der Waals surface area contributed by atoms with Crippen LogP contribution < -0.4 is 11.1 Å². The van der Waals surface area contributed by atoms with Gasteiger partial charge in [0.2, 0.25) is 0 Å². The SMILES string of the molecule is CSc1cc(NCC(O)c2ccc(N)cc2)ncn1. The zero-order chi connectivity index (χ0) is 13.7. The quantitative estimate of drug-likeness (QED) is 0.439. The molecule has 1 unspecified atom stereocenters. The molecule has 0 saturated carbocycles. The van der Waals surface area contributed by atoms with E-state index in [1.54, 1.807) is 23.9 Å². The number of aliphatic hydroxyl groups excluding tert-OH is 1. The summed E-state index contributed by atoms with van der Waals surface area (Å²) in [6.45, 7) is 0.384. The highest BCUT2D eigenvalue weighted by Gasteiger charge is 2.07. The number of anilines is 2. The molecule has 5 nitrogen and oxygen atoms in total. The molecule has 0 spiro atoms. The van der Waals surface area contributed by atoms with E-state index in [2.05, 4.69) is 15.3 Å². The molecule has 0 radical (unpaired) electrons. The molecule has 4 N–H and O–H groups in total. The van der Waals surface area contributed by atoms with Gasteiger partial charge in [-0.15, -0.1) is 11.8 Å². The number of thioether (sulfide) groups is 1. The molecule has 6 heteroatoms. The minimum atomic E-state index is -0.603. The Morgan fingerprint density at radius 2 is 2.05 bits per heavy atom. The molecule has 0 amide bonds. The third-order valence-electron chi connectivity index (χ3n) is 2.65. The topological polar surface area (TPSA) is 84.1 Å². The second-order valence-electron chi connectivity index (χ2n) is 4.01. The van der Waals surface area contributed by atoms with E-state index in [9.17, 15) is 5.11 Å². The lowest BCUT2D eigenvalue weighted by atomic mass is 10.1. The lowest BCUT2D eigenvalue weighted by molar-refractivity contribution is 0.191. The fraction of sp³-hybridized carbons (Fsp3) is 0.231. The first kappa shape index (κ1) is 13.6. The Balaban J connectivity index is 1.96. The highest BCUT2D eigenvalue weighted by molar-refractivity contribution is 7.98. The number of benzene rings is 1. The molecule has 0 aliphatic heterocycles. The molecule has 2 aromatic rings. The molecule has 1 atom stereocenters. The van der Waals surface area contributed by atoms with Crippen LogP contribution >= 0.6 is 11.8 Å². The van der Waals surface area contributed by atoms with E-state index in [0.29, 0.717) is 18.1 Å². The van der Waals surface area contributed by atoms with Crippen molar-refractivity contribution in [2.75, 3.05) is 23.9 Å². The number of aromatic nitrogens is 2. The number of aliphatic hydroxyl groups is 1. The van der Waals surface area contributed by atoms with Crippen LogP contribution in [0.15, 0.2) is 41.7 Å². The van der Waals surface area contributed by atoms with Crippen molar-refractivity contribution in [3.8, 4) is 0 Å². The number of nitrogens with one attached hydrogen (secondary N) is 1. The standard InChI is InChI=1S/C13H16N4OS/c1-19-13-6-12(16-8-17-13)15-7-11(18)9-2-4-10(14)5-3-9/h2-6,8,11,18H,7,14H2,1H3,(H,15,16,17). The zero-order valence-electron chi connectivity index (χ0n) is 10.6. The first-order chi connectivity index (χ1) is 9.19. The van der Waals surface area contributed by atoms with Crippen molar-refractivity contribution in [3.63, 3.8) is 0 Å². The smallest absolute Gasteiger partial charge is 0.130 e. The van der Waals surface area contributed by atoms with Crippen LogP contribution in [0.5, 0.6) is 0 Å². The van der Waals surface area contributed by atoms with Crippen molar-refractivity contribution in [1.29, 1.82) is 0 Å². The van der Waals surface area contributed by atoms with E-state index in [1.165, 1.54) is 6.33 Å². The molecular weight excluding hydrogens is 260 g/mol. The van der Waals surface area contributed by atoms with Crippen molar-refractivity contribution < 1.29 is 5.11 Å². The van der Waals surface area contributed by atoms with Gasteiger partial charge in [0.25, 0.3) is 0 Å². The second kappa shape index (κ2) is 6.40. The Morgan fingerprint density at radius 1 is 1.32 bits per heavy atom. The van der Waals surface area contributed by atoms with E-state index in [1.807, 2.05) is 24.5 Å². The summed E-state index contributed by atoms with van der Waals surface area (Å²) in [5, 5.41) is 14.0. The van der Waals surface area contributed by atoms with Crippen LogP contribution in [0.1, 0.15) is 11.7 Å². The normalized spacial score (nSPS) is 12.1. The first-order valence-corrected chi connectivity index (χ1v) is 7.05. The maximum Gasteiger partial charge on any atom is 0.130 e. The summed E-state index contributed by atoms with van der Waals surface area (Å²) in [4.78, 5) is 8.19. The fourth-order valence-electron chi connectivity index (χ4n) is 1.59. The van der Waals surface area contributed by atoms with Gasteiger partial charge in [0.1, 0.15) is 17.2 Å². The average molecular weight is 276 g/mol. The molecule has 0 bridgehead atoms. The van der Waals surface area contributed by atoms with Crippen molar-refractivity contribution in [2.45, 2.75) is 11.1 Å². The van der Waals surface area contributed by atoms with Crippen LogP contribution in [0.3, 0.4) is 0 Å². The number of nitrogen functional groups attached to an aromatic ring is 1. The van der Waals surface area contributed by atoms with Crippen molar-refractivity contribution in [2.24, 2.45) is 0 Å². The van der Waals surface area contributed by atoms with E-state index < -0.39 is 6.10 Å². The minimum absolute atomic E-state index is 0.384. The van der Waals surface area contributed by atoms with E-state index in [4.69, 9.17) is 5.73 Å². The molecule has 100 valence electrons. The van der Waals surface area contributed by atoms with Gasteiger partial charge < -0.3 is 16.2 Å². The number of nitrogens with two attached hydrogens (primary N) is 1. The largest absolute Gasteiger partial charge is 0.399 e. The van der Waals surface area contributed by atoms with E-state index >= 15 is 0 Å². The Labute approximate surface area is 116 Å². The molecule has 0 fully saturated rings. The molecule has 0 aliphatic carbocycles. The Kier molecular flexibility index (Phi) is 4.59. The van der Waals surface area contributed by atoms with Crippen LogP contribution in [-0.2, 0) is 0 Å². The van der Waals surface area contributed by atoms with Gasteiger partial charge in [-0.3, -0.25) is 0 Å². The highest BCUT2D eigenvalue weighted by atomic mass is 32.2. The highest BCUT2D eigenvalue weighted by Crippen LogP contribution is 2.17. The minimum Gasteiger partial charge on any atom is -0.399 e. The second-order valence-corrected chi connectivity index (χ2v) is 4.84. The monoisotopic (exact) mass is 276 g/mol. The summed E-state index contributed by atoms with van der Waals surface area (Å²) in [5.41, 5.74) is 7.11. The maximum atomic E-state index is 10.0. The van der Waals surface area contributed by atoms with Gasteiger partial charge in [0, 0.05) is 18.3 Å². The molecule has 0 aliphatic rings. The Hall–Kier alpha value is -1.79. The molecule has 1 heterocycles. The van der Waals surface area contributed by atoms with Crippen LogP contribution in [0.4, 0.5) is 11.5 Å². The van der Waals surface area contributed by atoms with Gasteiger partial charge in [-0.1, -0.05) is 12.1 Å². The third-order valence-corrected chi connectivity index (χ3v) is 3.29. The number of hydrogen-bond acceptors (Lipinski definition) is 6. The van der Waals surface area contributed by atoms with Crippen LogP contribution in [-0.4, -0.2) is 27.9 Å². The third kappa shape index (κ3) is 3.84. The zero-order valence-corrected chi connectivity index (χ0v) is 11.4. The predicted octanol–water partition coefficient (Wildman–Crippen LogP) is 1.93. The van der Waals surface area contributed by atoms with E-state index in [-0.39, 0.29) is 0 Å². The molecular formula is C13H16N4OS. The van der Waals surface area contributed by atoms with Crippen molar-refractivity contribution in [3.05, 3.63) is 42.2 Å². The number of rotatable bonds is 5. The van der Waals surface area contributed by atoms with Gasteiger partial charge in [0.05, 0.1) is 6.10 Å². The summed E-state index contributed by atoms with van der Waals surface area (Å²) in [5.74, 6) is 0.703. The lowest BCUT2D eigenvalue weighted by Gasteiger charge is -2.13. The number of nitrogens with zero attached hydrogens (tertiary/aromatic N) is 2. The van der Waals surface area contributed by atoms with Gasteiger partial charge >= 0.3 is 0 Å². The van der Waals surface area contributed by atoms with Crippen LogP contribution in [0.25, 0.3) is 0 Å². The summed E-state index contributed by atoms with van der Waals surface area (Å²) in [6, 6.07) is 9.02. The molecule has 1 aromatic carbocycles. The fourth-order valence-corrected chi connectivity index (χ4v) is 1.97. The summed E-state index contributed by atoms with van der Waals surface area (Å²) < 4.78 is 0. The summed E-state index contributed by atoms with van der Waals surface area (Å²) >= 11 is 1.55. The van der Waals surface area contributed by atoms with Gasteiger partial charge in [0.15, 0.2) is 0 Å². The Morgan fingerprint density at radius 3 is 2.74 bits per heavy atom. The Bertz CT molecular complexity index is 532. The molecule has 19 heavy (non-hydrogen) atoms. The molecule has 2 rings (SSSR count). The van der Waals surface area contributed by atoms with Crippen molar-refractivity contribution >= 4 is 23.3 Å². The summed E-state index contributed by atoms with van der Waals surface area (Å²) in [7, 11) is 0. The van der Waals surface area contributed by atoms with Crippen LogP contribution in [0.2, 0.25) is 0 Å². The first-order valence-electron chi connectivity index (χ1n) is 5.82. The van der Waals surface area contributed by atoms with Crippen molar-refractivity contribution in [1.82, 2.24) is 9.97 Å². The summed E-state index contributed by atoms with van der Waals surface area (Å²) in [6.07, 6.45) is 2.85. The maximum absolute atomic E-state index is 10.0. The lowest BCUT2D eigenvalue weighted by Crippen LogP contribution is -2.13. The predicted molar refractivity (Wildman–Crippen MR) is 78.1 cm³/mol. The molecule has 0 saturated heterocycles. The molecule has 1 aromatic heterocycles. The average Bonchev–Trinajstić information content (AvgIpc) is 2.46.